The van der Waals surface area contributed by atoms with Gasteiger partial charge in [0.1, 0.15) is 0 Å². The van der Waals surface area contributed by atoms with Crippen LogP contribution in [0.4, 0.5) is 5.69 Å². The molecule has 19 heavy (non-hydrogen) atoms. The Morgan fingerprint density at radius 1 is 1.21 bits per heavy atom. The van der Waals surface area contributed by atoms with Gasteiger partial charge in [-0.25, -0.2) is 0 Å². The molecule has 2 rings (SSSR count). The second kappa shape index (κ2) is 6.45. The van der Waals surface area contributed by atoms with Gasteiger partial charge in [-0.1, -0.05) is 43.0 Å². The number of nitrogens with zero attached hydrogens (tertiary/aromatic N) is 2. The van der Waals surface area contributed by atoms with E-state index in [-0.39, 0.29) is 5.84 Å². The van der Waals surface area contributed by atoms with Crippen molar-refractivity contribution in [3.05, 3.63) is 29.8 Å². The molecule has 0 amide bonds. The summed E-state index contributed by atoms with van der Waals surface area (Å²) in [7, 11) is 2.11. The molecule has 0 aliphatic heterocycles. The van der Waals surface area contributed by atoms with Gasteiger partial charge < -0.3 is 15.8 Å². The third-order valence-corrected chi connectivity index (χ3v) is 4.04. The van der Waals surface area contributed by atoms with Crippen molar-refractivity contribution in [3.63, 3.8) is 0 Å². The highest BCUT2D eigenvalue weighted by Gasteiger charge is 2.20. The normalized spacial score (nSPS) is 18.1. The summed E-state index contributed by atoms with van der Waals surface area (Å²) < 4.78 is 0. The van der Waals surface area contributed by atoms with Crippen LogP contribution in [-0.2, 0) is 0 Å². The fourth-order valence-electron chi connectivity index (χ4n) is 2.89. The van der Waals surface area contributed by atoms with Crippen LogP contribution in [0.5, 0.6) is 0 Å². The predicted molar refractivity (Wildman–Crippen MR) is 78.8 cm³/mol. The van der Waals surface area contributed by atoms with E-state index in [0.29, 0.717) is 6.04 Å². The number of amidine groups is 1. The van der Waals surface area contributed by atoms with E-state index >= 15 is 0 Å². The summed E-state index contributed by atoms with van der Waals surface area (Å²) in [4.78, 5) is 2.29. The summed E-state index contributed by atoms with van der Waals surface area (Å²) in [5.74, 6) is 0.177. The van der Waals surface area contributed by atoms with Crippen LogP contribution in [0.1, 0.15) is 44.1 Å². The van der Waals surface area contributed by atoms with Crippen LogP contribution in [0.25, 0.3) is 0 Å². The molecule has 0 saturated heterocycles. The molecular formula is C15H23N3O. The van der Waals surface area contributed by atoms with E-state index in [1.807, 2.05) is 24.3 Å². The first-order valence-corrected chi connectivity index (χ1v) is 7.04. The Hall–Kier alpha value is -1.71. The highest BCUT2D eigenvalue weighted by atomic mass is 16.4. The number of hydrogen-bond donors (Lipinski definition) is 2. The topological polar surface area (TPSA) is 61.8 Å². The molecule has 1 fully saturated rings. The van der Waals surface area contributed by atoms with Crippen molar-refractivity contribution in [1.29, 1.82) is 0 Å². The van der Waals surface area contributed by atoms with E-state index in [4.69, 9.17) is 10.9 Å². The lowest BCUT2D eigenvalue weighted by Crippen LogP contribution is -2.33. The highest BCUT2D eigenvalue weighted by Crippen LogP contribution is 2.27. The lowest BCUT2D eigenvalue weighted by atomic mass is 10.0. The Morgan fingerprint density at radius 3 is 2.47 bits per heavy atom. The van der Waals surface area contributed by atoms with Gasteiger partial charge in [0.15, 0.2) is 5.84 Å². The van der Waals surface area contributed by atoms with Crippen molar-refractivity contribution in [2.75, 3.05) is 11.9 Å². The van der Waals surface area contributed by atoms with Crippen LogP contribution in [0.15, 0.2) is 29.4 Å². The molecule has 0 spiro atoms. The van der Waals surface area contributed by atoms with E-state index in [2.05, 4.69) is 17.1 Å². The second-order valence-corrected chi connectivity index (χ2v) is 5.26. The number of para-hydroxylation sites is 1. The van der Waals surface area contributed by atoms with Gasteiger partial charge in [0, 0.05) is 24.3 Å². The molecule has 1 saturated carbocycles. The van der Waals surface area contributed by atoms with Crippen LogP contribution in [0.3, 0.4) is 0 Å². The van der Waals surface area contributed by atoms with Crippen LogP contribution < -0.4 is 10.6 Å². The maximum absolute atomic E-state index is 8.89. The molecular weight excluding hydrogens is 238 g/mol. The number of anilines is 1. The third kappa shape index (κ3) is 3.19. The Balaban J connectivity index is 2.24. The molecule has 1 aromatic carbocycles. The molecule has 0 atom stereocenters. The summed E-state index contributed by atoms with van der Waals surface area (Å²) >= 11 is 0. The average molecular weight is 261 g/mol. The van der Waals surface area contributed by atoms with Crippen molar-refractivity contribution < 1.29 is 5.21 Å². The fraction of sp³-hybridized carbons (Fsp3) is 0.533. The van der Waals surface area contributed by atoms with Crippen molar-refractivity contribution in [2.45, 2.75) is 44.6 Å². The van der Waals surface area contributed by atoms with Crippen molar-refractivity contribution in [2.24, 2.45) is 10.9 Å². The summed E-state index contributed by atoms with van der Waals surface area (Å²) in [6.07, 6.45) is 7.71. The van der Waals surface area contributed by atoms with Crippen LogP contribution >= 0.6 is 0 Å². The Labute approximate surface area is 114 Å². The molecule has 0 radical (unpaired) electrons. The van der Waals surface area contributed by atoms with E-state index in [1.165, 1.54) is 38.5 Å². The molecule has 0 bridgehead atoms. The first-order chi connectivity index (χ1) is 9.24. The van der Waals surface area contributed by atoms with E-state index < -0.39 is 0 Å². The van der Waals surface area contributed by atoms with Gasteiger partial charge in [0.25, 0.3) is 0 Å². The summed E-state index contributed by atoms with van der Waals surface area (Å²) in [6, 6.07) is 8.40. The molecule has 1 aliphatic rings. The van der Waals surface area contributed by atoms with Crippen LogP contribution in [0, 0.1) is 0 Å². The zero-order valence-corrected chi connectivity index (χ0v) is 11.5. The van der Waals surface area contributed by atoms with Crippen LogP contribution in [-0.4, -0.2) is 24.1 Å². The first-order valence-electron chi connectivity index (χ1n) is 7.04. The molecule has 3 N–H and O–H groups in total. The van der Waals surface area contributed by atoms with Crippen molar-refractivity contribution in [3.8, 4) is 0 Å². The SMILES string of the molecule is CN(c1ccccc1/C(N)=N/O)C1CCCCCC1. The molecule has 1 aliphatic carbocycles. The average Bonchev–Trinajstić information content (AvgIpc) is 2.74. The van der Waals surface area contributed by atoms with Crippen molar-refractivity contribution >= 4 is 11.5 Å². The van der Waals surface area contributed by atoms with Crippen LogP contribution in [0.2, 0.25) is 0 Å². The summed E-state index contributed by atoms with van der Waals surface area (Å²) in [5, 5.41) is 12.0. The third-order valence-electron chi connectivity index (χ3n) is 4.04. The van der Waals surface area contributed by atoms with Crippen molar-refractivity contribution in [1.82, 2.24) is 0 Å². The molecule has 0 heterocycles. The maximum atomic E-state index is 8.89. The van der Waals surface area contributed by atoms with E-state index in [1.54, 1.807) is 0 Å². The highest BCUT2D eigenvalue weighted by molar-refractivity contribution is 6.02. The molecule has 4 nitrogen and oxygen atoms in total. The minimum atomic E-state index is 0.177. The van der Waals surface area contributed by atoms with Gasteiger partial charge in [-0.05, 0) is 25.0 Å². The molecule has 4 heteroatoms. The number of nitrogens with two attached hydrogens (primary N) is 1. The fourth-order valence-corrected chi connectivity index (χ4v) is 2.89. The first kappa shape index (κ1) is 13.7. The minimum absolute atomic E-state index is 0.177. The molecule has 104 valence electrons. The lowest BCUT2D eigenvalue weighted by Gasteiger charge is -2.30. The quantitative estimate of drug-likeness (QED) is 0.289. The maximum Gasteiger partial charge on any atom is 0.172 e. The standard InChI is InChI=1S/C15H23N3O/c1-18(12-8-4-2-3-5-9-12)14-11-7-6-10-13(14)15(16)17-19/h6-7,10-12,19H,2-5,8-9H2,1H3,(H2,16,17). The van der Waals surface area contributed by atoms with E-state index in [9.17, 15) is 0 Å². The van der Waals surface area contributed by atoms with Gasteiger partial charge in [0.05, 0.1) is 0 Å². The number of rotatable bonds is 3. The zero-order valence-electron chi connectivity index (χ0n) is 11.5. The Bertz CT molecular complexity index is 437. The largest absolute Gasteiger partial charge is 0.409 e. The smallest absolute Gasteiger partial charge is 0.172 e. The second-order valence-electron chi connectivity index (χ2n) is 5.26. The Morgan fingerprint density at radius 2 is 1.84 bits per heavy atom. The molecule has 0 aromatic heterocycles. The number of benzene rings is 1. The molecule has 1 aromatic rings. The van der Waals surface area contributed by atoms with Gasteiger partial charge >= 0.3 is 0 Å². The monoisotopic (exact) mass is 261 g/mol. The number of hydrogen-bond acceptors (Lipinski definition) is 3. The summed E-state index contributed by atoms with van der Waals surface area (Å²) in [6.45, 7) is 0. The minimum Gasteiger partial charge on any atom is -0.409 e. The van der Waals surface area contributed by atoms with Gasteiger partial charge in [-0.3, -0.25) is 0 Å². The van der Waals surface area contributed by atoms with E-state index in [0.717, 1.165) is 11.3 Å². The van der Waals surface area contributed by atoms with Gasteiger partial charge in [-0.15, -0.1) is 0 Å². The zero-order chi connectivity index (χ0) is 13.7. The predicted octanol–water partition coefficient (Wildman–Crippen LogP) is 2.94. The summed E-state index contributed by atoms with van der Waals surface area (Å²) in [5.41, 5.74) is 7.62. The van der Waals surface area contributed by atoms with Gasteiger partial charge in [-0.2, -0.15) is 0 Å². The number of oxime groups is 1. The Kier molecular flexibility index (Phi) is 4.66. The molecule has 0 unspecified atom stereocenters. The lowest BCUT2D eigenvalue weighted by molar-refractivity contribution is 0.318. The van der Waals surface area contributed by atoms with Gasteiger partial charge in [0.2, 0.25) is 0 Å².